The Kier molecular flexibility index (Phi) is 4.73. The minimum Gasteiger partial charge on any atom is -0.309 e. The smallest absolute Gasteiger partial charge is 0.0292 e. The van der Waals surface area contributed by atoms with Gasteiger partial charge in [-0.3, -0.25) is 0 Å². The fraction of sp³-hybridized carbons (Fsp3) is 0.571. The van der Waals surface area contributed by atoms with E-state index in [0.717, 1.165) is 12.5 Å². The molecular weight excluding hydrogens is 214 g/mol. The maximum atomic E-state index is 3.57. The lowest BCUT2D eigenvalue weighted by Gasteiger charge is -2.13. The third kappa shape index (κ3) is 4.18. The Balaban J connectivity index is 1.58. The lowest BCUT2D eigenvalue weighted by atomic mass is 10.1. The van der Waals surface area contributed by atoms with Gasteiger partial charge in [0.05, 0.1) is 0 Å². The number of nitrogens with one attached hydrogen (secondary N) is 1. The third-order valence-electron chi connectivity index (χ3n) is 3.05. The van der Waals surface area contributed by atoms with E-state index in [4.69, 9.17) is 0 Å². The highest BCUT2D eigenvalue weighted by atomic mass is 32.2. The predicted octanol–water partition coefficient (Wildman–Crippen LogP) is 3.48. The van der Waals surface area contributed by atoms with E-state index >= 15 is 0 Å². The standard InChI is InChI=1S/C14H21NS/c1-12(14-5-3-2-4-6-14)15-9-10-16-11-13-7-8-13/h2-6,12-13,15H,7-11H2,1H3. The van der Waals surface area contributed by atoms with Crippen LogP contribution in [0.4, 0.5) is 0 Å². The van der Waals surface area contributed by atoms with E-state index in [1.807, 2.05) is 0 Å². The minimum atomic E-state index is 0.475. The van der Waals surface area contributed by atoms with Crippen molar-refractivity contribution in [3.05, 3.63) is 35.9 Å². The van der Waals surface area contributed by atoms with E-state index in [9.17, 15) is 0 Å². The molecule has 0 aliphatic heterocycles. The fourth-order valence-electron chi connectivity index (χ4n) is 1.74. The van der Waals surface area contributed by atoms with Gasteiger partial charge in [-0.25, -0.2) is 0 Å². The fourth-order valence-corrected chi connectivity index (χ4v) is 2.84. The van der Waals surface area contributed by atoms with Crippen molar-refractivity contribution in [2.45, 2.75) is 25.8 Å². The average molecular weight is 235 g/mol. The summed E-state index contributed by atoms with van der Waals surface area (Å²) in [5.74, 6) is 3.67. The summed E-state index contributed by atoms with van der Waals surface area (Å²) in [6.07, 6.45) is 2.95. The molecule has 0 aromatic heterocycles. The zero-order chi connectivity index (χ0) is 11.2. The topological polar surface area (TPSA) is 12.0 Å². The van der Waals surface area contributed by atoms with Gasteiger partial charge in [0, 0.05) is 18.3 Å². The molecule has 0 amide bonds. The summed E-state index contributed by atoms with van der Waals surface area (Å²) in [4.78, 5) is 0. The van der Waals surface area contributed by atoms with Crippen molar-refractivity contribution in [1.82, 2.24) is 5.32 Å². The molecule has 1 atom stereocenters. The van der Waals surface area contributed by atoms with Gasteiger partial charge < -0.3 is 5.32 Å². The van der Waals surface area contributed by atoms with Gasteiger partial charge in [-0.1, -0.05) is 30.3 Å². The summed E-state index contributed by atoms with van der Waals surface area (Å²) in [5, 5.41) is 3.57. The Hall–Kier alpha value is -0.470. The van der Waals surface area contributed by atoms with Crippen molar-refractivity contribution in [3.8, 4) is 0 Å². The van der Waals surface area contributed by atoms with Gasteiger partial charge in [0.25, 0.3) is 0 Å². The van der Waals surface area contributed by atoms with Gasteiger partial charge in [-0.05, 0) is 37.0 Å². The molecule has 2 heteroatoms. The van der Waals surface area contributed by atoms with Crippen molar-refractivity contribution < 1.29 is 0 Å². The van der Waals surface area contributed by atoms with Crippen LogP contribution in [0.1, 0.15) is 31.4 Å². The van der Waals surface area contributed by atoms with Crippen LogP contribution in [0.5, 0.6) is 0 Å². The Morgan fingerprint density at radius 2 is 2.06 bits per heavy atom. The summed E-state index contributed by atoms with van der Waals surface area (Å²) in [6, 6.07) is 11.1. The molecule has 16 heavy (non-hydrogen) atoms. The van der Waals surface area contributed by atoms with Crippen molar-refractivity contribution in [3.63, 3.8) is 0 Å². The van der Waals surface area contributed by atoms with Crippen LogP contribution in [0.15, 0.2) is 30.3 Å². The summed E-state index contributed by atoms with van der Waals surface area (Å²) in [5.41, 5.74) is 1.38. The minimum absolute atomic E-state index is 0.475. The summed E-state index contributed by atoms with van der Waals surface area (Å²) in [7, 11) is 0. The van der Waals surface area contributed by atoms with Crippen LogP contribution in [0.3, 0.4) is 0 Å². The first-order valence-corrected chi connectivity index (χ1v) is 7.38. The Bertz CT molecular complexity index is 295. The zero-order valence-electron chi connectivity index (χ0n) is 9.99. The molecule has 0 saturated heterocycles. The van der Waals surface area contributed by atoms with Crippen LogP contribution in [-0.4, -0.2) is 18.1 Å². The first-order valence-electron chi connectivity index (χ1n) is 6.22. The number of benzene rings is 1. The third-order valence-corrected chi connectivity index (χ3v) is 4.25. The van der Waals surface area contributed by atoms with Crippen molar-refractivity contribution in [2.24, 2.45) is 5.92 Å². The van der Waals surface area contributed by atoms with Gasteiger partial charge in [0.1, 0.15) is 0 Å². The molecule has 1 unspecified atom stereocenters. The molecule has 1 N–H and O–H groups in total. The average Bonchev–Trinajstić information content (AvgIpc) is 3.13. The van der Waals surface area contributed by atoms with E-state index in [-0.39, 0.29) is 0 Å². The summed E-state index contributed by atoms with van der Waals surface area (Å²) >= 11 is 2.10. The van der Waals surface area contributed by atoms with Gasteiger partial charge in [0.2, 0.25) is 0 Å². The molecule has 1 nitrogen and oxygen atoms in total. The molecule has 0 spiro atoms. The molecule has 0 radical (unpaired) electrons. The molecule has 1 aromatic rings. The first kappa shape index (κ1) is 12.0. The SMILES string of the molecule is CC(NCCSCC1CC1)c1ccccc1. The molecule has 0 heterocycles. The predicted molar refractivity (Wildman–Crippen MR) is 72.9 cm³/mol. The molecule has 88 valence electrons. The van der Waals surface area contributed by atoms with Crippen molar-refractivity contribution in [2.75, 3.05) is 18.1 Å². The molecule has 0 bridgehead atoms. The summed E-state index contributed by atoms with van der Waals surface area (Å²) in [6.45, 7) is 3.36. The summed E-state index contributed by atoms with van der Waals surface area (Å²) < 4.78 is 0. The van der Waals surface area contributed by atoms with Crippen LogP contribution < -0.4 is 5.32 Å². The normalized spacial score (nSPS) is 17.3. The largest absolute Gasteiger partial charge is 0.309 e. The van der Waals surface area contributed by atoms with E-state index in [0.29, 0.717) is 6.04 Å². The lowest BCUT2D eigenvalue weighted by molar-refractivity contribution is 0.601. The molecule has 1 saturated carbocycles. The number of thioether (sulfide) groups is 1. The molecule has 1 aliphatic rings. The van der Waals surface area contributed by atoms with Gasteiger partial charge in [0.15, 0.2) is 0 Å². The molecule has 1 fully saturated rings. The lowest BCUT2D eigenvalue weighted by Crippen LogP contribution is -2.21. The van der Waals surface area contributed by atoms with Crippen LogP contribution in [0.25, 0.3) is 0 Å². The number of hydrogen-bond acceptors (Lipinski definition) is 2. The van der Waals surface area contributed by atoms with Gasteiger partial charge >= 0.3 is 0 Å². The highest BCUT2D eigenvalue weighted by Crippen LogP contribution is 2.32. The second-order valence-electron chi connectivity index (χ2n) is 4.60. The highest BCUT2D eigenvalue weighted by Gasteiger charge is 2.20. The van der Waals surface area contributed by atoms with Gasteiger partial charge in [-0.2, -0.15) is 11.8 Å². The second kappa shape index (κ2) is 6.31. The van der Waals surface area contributed by atoms with Crippen molar-refractivity contribution >= 4 is 11.8 Å². The Morgan fingerprint density at radius 3 is 2.75 bits per heavy atom. The second-order valence-corrected chi connectivity index (χ2v) is 5.75. The zero-order valence-corrected chi connectivity index (χ0v) is 10.8. The van der Waals surface area contributed by atoms with Crippen LogP contribution in [0, 0.1) is 5.92 Å². The molecular formula is C14H21NS. The number of rotatable bonds is 7. The molecule has 2 rings (SSSR count). The molecule has 1 aromatic carbocycles. The quantitative estimate of drug-likeness (QED) is 0.726. The van der Waals surface area contributed by atoms with Crippen molar-refractivity contribution in [1.29, 1.82) is 0 Å². The maximum Gasteiger partial charge on any atom is 0.0292 e. The number of hydrogen-bond donors (Lipinski definition) is 1. The first-order chi connectivity index (χ1) is 7.86. The van der Waals surface area contributed by atoms with Gasteiger partial charge in [-0.15, -0.1) is 0 Å². The van der Waals surface area contributed by atoms with Crippen LogP contribution in [0.2, 0.25) is 0 Å². The van der Waals surface area contributed by atoms with E-state index in [1.54, 1.807) is 0 Å². The molecule has 1 aliphatic carbocycles. The Morgan fingerprint density at radius 1 is 1.31 bits per heavy atom. The van der Waals surface area contributed by atoms with Crippen LogP contribution >= 0.6 is 11.8 Å². The highest BCUT2D eigenvalue weighted by molar-refractivity contribution is 7.99. The van der Waals surface area contributed by atoms with E-state index in [2.05, 4.69) is 54.3 Å². The van der Waals surface area contributed by atoms with E-state index < -0.39 is 0 Å². The van der Waals surface area contributed by atoms with E-state index in [1.165, 1.54) is 29.9 Å². The maximum absolute atomic E-state index is 3.57. The van der Waals surface area contributed by atoms with Crippen LogP contribution in [-0.2, 0) is 0 Å². The Labute approximate surface area is 103 Å². The monoisotopic (exact) mass is 235 g/mol.